The van der Waals surface area contributed by atoms with E-state index in [9.17, 15) is 0 Å². The lowest BCUT2D eigenvalue weighted by atomic mass is 9.87. The SMILES string of the molecule is C=Cc1c(C)c(C)c2c(c1C=C)Cc1ccccc1-2.c1ccc2c(c1)Cc1[siH]cccc1-2. The zero-order chi connectivity index (χ0) is 22.2. The predicted molar refractivity (Wildman–Crippen MR) is 142 cm³/mol. The molecule has 0 N–H and O–H groups in total. The normalized spacial score (nSPS) is 12.1. The Hall–Kier alpha value is -3.29. The molecule has 0 spiro atoms. The van der Waals surface area contributed by atoms with Crippen molar-refractivity contribution >= 4 is 21.3 Å². The molecule has 32 heavy (non-hydrogen) atoms. The Labute approximate surface area is 193 Å². The van der Waals surface area contributed by atoms with Gasteiger partial charge in [0, 0.05) is 9.12 Å². The molecule has 0 atom stereocenters. The second-order valence-corrected chi connectivity index (χ2v) is 10.1. The number of hydrogen-bond acceptors (Lipinski definition) is 0. The number of rotatable bonds is 2. The highest BCUT2D eigenvalue weighted by atomic mass is 28.2. The summed E-state index contributed by atoms with van der Waals surface area (Å²) in [6, 6.07) is 21.9. The highest BCUT2D eigenvalue weighted by molar-refractivity contribution is 6.33. The van der Waals surface area contributed by atoms with E-state index in [0.29, 0.717) is 9.12 Å². The van der Waals surface area contributed by atoms with Crippen LogP contribution in [0.1, 0.15) is 44.1 Å². The van der Waals surface area contributed by atoms with Gasteiger partial charge in [0.2, 0.25) is 0 Å². The molecule has 4 aromatic rings. The molecule has 1 aromatic heterocycles. The topological polar surface area (TPSA) is 0 Å². The number of fused-ring (bicyclic) bond motifs is 6. The summed E-state index contributed by atoms with van der Waals surface area (Å²) in [6.45, 7) is 12.4. The van der Waals surface area contributed by atoms with Crippen molar-refractivity contribution in [3.63, 3.8) is 0 Å². The summed E-state index contributed by atoms with van der Waals surface area (Å²) in [6.07, 6.45) is 6.15. The molecule has 0 fully saturated rings. The molecule has 0 saturated carbocycles. The van der Waals surface area contributed by atoms with Gasteiger partial charge >= 0.3 is 0 Å². The fourth-order valence-corrected chi connectivity index (χ4v) is 6.57. The van der Waals surface area contributed by atoms with E-state index in [0.717, 1.165) is 6.42 Å². The Bertz CT molecular complexity index is 1330. The van der Waals surface area contributed by atoms with Gasteiger partial charge in [0.1, 0.15) is 0 Å². The monoisotopic (exact) mass is 428 g/mol. The molecule has 0 unspecified atom stereocenters. The van der Waals surface area contributed by atoms with Crippen LogP contribution in [0.3, 0.4) is 0 Å². The van der Waals surface area contributed by atoms with Gasteiger partial charge in [-0.1, -0.05) is 96.8 Å². The largest absolute Gasteiger partial charge is 0.0984 e. The smallest absolute Gasteiger partial charge is 0.0252 e. The van der Waals surface area contributed by atoms with Crippen LogP contribution in [0.25, 0.3) is 34.4 Å². The minimum absolute atomic E-state index is 0.421. The van der Waals surface area contributed by atoms with E-state index in [1.807, 2.05) is 12.2 Å². The summed E-state index contributed by atoms with van der Waals surface area (Å²) in [5.41, 5.74) is 17.6. The van der Waals surface area contributed by atoms with Gasteiger partial charge in [-0.25, -0.2) is 0 Å². The summed E-state index contributed by atoms with van der Waals surface area (Å²) in [5.74, 6) is 0. The first kappa shape index (κ1) is 20.6. The van der Waals surface area contributed by atoms with Crippen LogP contribution in [-0.4, -0.2) is 9.12 Å². The zero-order valence-electron chi connectivity index (χ0n) is 18.9. The third-order valence-electron chi connectivity index (χ3n) is 7.03. The Kier molecular flexibility index (Phi) is 5.36. The van der Waals surface area contributed by atoms with Crippen LogP contribution in [0, 0.1) is 13.8 Å². The molecule has 0 aliphatic heterocycles. The molecule has 0 bridgehead atoms. The maximum atomic E-state index is 4.00. The second-order valence-electron chi connectivity index (χ2n) is 8.66. The molecule has 2 aliphatic rings. The summed E-state index contributed by atoms with van der Waals surface area (Å²) < 4.78 is 0. The molecule has 1 heteroatoms. The van der Waals surface area contributed by atoms with Crippen LogP contribution in [0.15, 0.2) is 79.5 Å². The first-order valence-corrected chi connectivity index (χ1v) is 12.5. The van der Waals surface area contributed by atoms with Crippen molar-refractivity contribution in [2.24, 2.45) is 0 Å². The van der Waals surface area contributed by atoms with Crippen LogP contribution in [0.5, 0.6) is 0 Å². The molecular weight excluding hydrogens is 400 g/mol. The zero-order valence-corrected chi connectivity index (χ0v) is 20.1. The standard InChI is InChI=1S/C19H18.C12H10Si/c1-5-15-12(3)13(4)19-17-10-8-7-9-14(17)11-18(19)16(15)6-2;1-2-5-10-9(4-1)8-12-11(10)6-3-7-13-12/h5-10H,1-2,11H2,3-4H3;1-7,13H,8H2. The van der Waals surface area contributed by atoms with Crippen molar-refractivity contribution < 1.29 is 0 Å². The van der Waals surface area contributed by atoms with Gasteiger partial charge in [0.05, 0.1) is 0 Å². The predicted octanol–water partition coefficient (Wildman–Crippen LogP) is 7.49. The fourth-order valence-electron chi connectivity index (χ4n) is 5.35. The molecule has 1 heterocycles. The molecule has 0 saturated heterocycles. The third-order valence-corrected chi connectivity index (χ3v) is 8.36. The average Bonchev–Trinajstić information content (AvgIpc) is 3.40. The second kappa shape index (κ2) is 8.33. The highest BCUT2D eigenvalue weighted by Crippen LogP contribution is 2.43. The highest BCUT2D eigenvalue weighted by Gasteiger charge is 2.25. The lowest BCUT2D eigenvalue weighted by Crippen LogP contribution is -1.98. The molecule has 0 radical (unpaired) electrons. The van der Waals surface area contributed by atoms with Gasteiger partial charge in [0.15, 0.2) is 0 Å². The van der Waals surface area contributed by atoms with Crippen molar-refractivity contribution in [2.75, 3.05) is 0 Å². The number of benzene rings is 3. The van der Waals surface area contributed by atoms with Crippen molar-refractivity contribution in [1.82, 2.24) is 0 Å². The van der Waals surface area contributed by atoms with Crippen LogP contribution in [-0.2, 0) is 12.8 Å². The Morgan fingerprint density at radius 1 is 0.688 bits per heavy atom. The van der Waals surface area contributed by atoms with E-state index < -0.39 is 0 Å². The molecule has 0 amide bonds. The maximum absolute atomic E-state index is 4.00. The summed E-state index contributed by atoms with van der Waals surface area (Å²) in [5, 5.41) is 1.67. The first-order valence-electron chi connectivity index (χ1n) is 11.3. The van der Waals surface area contributed by atoms with Crippen LogP contribution in [0.4, 0.5) is 0 Å². The first-order chi connectivity index (χ1) is 15.6. The number of hydrogen-bond donors (Lipinski definition) is 0. The Morgan fingerprint density at radius 2 is 1.31 bits per heavy atom. The average molecular weight is 429 g/mol. The summed E-state index contributed by atoms with van der Waals surface area (Å²) in [7, 11) is 0.421. The third kappa shape index (κ3) is 3.25. The Balaban J connectivity index is 0.000000144. The lowest BCUT2D eigenvalue weighted by Gasteiger charge is -2.16. The molecule has 2 aliphatic carbocycles. The molecule has 0 nitrogen and oxygen atoms in total. The van der Waals surface area contributed by atoms with E-state index in [-0.39, 0.29) is 0 Å². The van der Waals surface area contributed by atoms with E-state index in [1.165, 1.54) is 67.6 Å². The van der Waals surface area contributed by atoms with Crippen LogP contribution < -0.4 is 0 Å². The van der Waals surface area contributed by atoms with Gasteiger partial charge in [-0.05, 0) is 87.9 Å². The minimum atomic E-state index is 0.421. The van der Waals surface area contributed by atoms with Gasteiger partial charge in [-0.15, -0.1) is 0 Å². The molecule has 156 valence electrons. The van der Waals surface area contributed by atoms with Crippen molar-refractivity contribution in [1.29, 1.82) is 0 Å². The van der Waals surface area contributed by atoms with Gasteiger partial charge < -0.3 is 0 Å². The van der Waals surface area contributed by atoms with E-state index in [4.69, 9.17) is 0 Å². The van der Waals surface area contributed by atoms with E-state index in [1.54, 1.807) is 5.17 Å². The fraction of sp³-hybridized carbons (Fsp3) is 0.129. The Morgan fingerprint density at radius 3 is 2.03 bits per heavy atom. The summed E-state index contributed by atoms with van der Waals surface area (Å²) in [4.78, 5) is 0. The molecular formula is C31H28Si. The van der Waals surface area contributed by atoms with E-state index >= 15 is 0 Å². The quantitative estimate of drug-likeness (QED) is 0.251. The van der Waals surface area contributed by atoms with E-state index in [2.05, 4.69) is 93.3 Å². The molecule has 6 rings (SSSR count). The summed E-state index contributed by atoms with van der Waals surface area (Å²) >= 11 is 0. The van der Waals surface area contributed by atoms with Crippen molar-refractivity contribution in [3.8, 4) is 22.3 Å². The van der Waals surface area contributed by atoms with Gasteiger partial charge in [0.25, 0.3) is 0 Å². The van der Waals surface area contributed by atoms with Crippen LogP contribution >= 0.6 is 0 Å². The van der Waals surface area contributed by atoms with Crippen molar-refractivity contribution in [3.05, 3.63) is 124 Å². The van der Waals surface area contributed by atoms with Crippen molar-refractivity contribution in [2.45, 2.75) is 26.7 Å². The lowest BCUT2D eigenvalue weighted by molar-refractivity contribution is 1.22. The molecule has 3 aromatic carbocycles. The minimum Gasteiger partial charge on any atom is -0.0984 e. The van der Waals surface area contributed by atoms with Gasteiger partial charge in [-0.3, -0.25) is 0 Å². The maximum Gasteiger partial charge on any atom is 0.0252 e. The van der Waals surface area contributed by atoms with Crippen LogP contribution in [0.2, 0.25) is 0 Å². The van der Waals surface area contributed by atoms with Gasteiger partial charge in [-0.2, -0.15) is 0 Å².